The van der Waals surface area contributed by atoms with Crippen LogP contribution in [0.2, 0.25) is 0 Å². The van der Waals surface area contributed by atoms with Gasteiger partial charge in [-0.3, -0.25) is 0 Å². The molecule has 1 atom stereocenters. The number of nitrogen functional groups attached to an aromatic ring is 1. The predicted molar refractivity (Wildman–Crippen MR) is 104 cm³/mol. The van der Waals surface area contributed by atoms with Gasteiger partial charge < -0.3 is 15.4 Å². The van der Waals surface area contributed by atoms with Gasteiger partial charge in [-0.1, -0.05) is 36.4 Å². The zero-order chi connectivity index (χ0) is 17.6. The maximum Gasteiger partial charge on any atom is 0.133 e. The van der Waals surface area contributed by atoms with Gasteiger partial charge in [-0.05, 0) is 30.2 Å². The normalized spacial score (nSPS) is 15.1. The molecule has 3 aromatic rings. The van der Waals surface area contributed by atoms with Crippen molar-refractivity contribution in [3.8, 4) is 11.5 Å². The van der Waals surface area contributed by atoms with Gasteiger partial charge in [-0.15, -0.1) is 0 Å². The summed E-state index contributed by atoms with van der Waals surface area (Å²) in [4.78, 5) is 2.08. The Morgan fingerprint density at radius 2 is 1.60 bits per heavy atom. The van der Waals surface area contributed by atoms with Crippen LogP contribution in [0.5, 0.6) is 11.5 Å². The Morgan fingerprint density at radius 3 is 2.32 bits per heavy atom. The molecule has 126 valence electrons. The molecular formula is C22H22N2O. The monoisotopic (exact) mass is 330 g/mol. The van der Waals surface area contributed by atoms with E-state index in [9.17, 15) is 0 Å². The summed E-state index contributed by atoms with van der Waals surface area (Å²) in [6, 6.07) is 21.1. The van der Waals surface area contributed by atoms with Crippen LogP contribution >= 0.6 is 0 Å². The Morgan fingerprint density at radius 1 is 0.880 bits per heavy atom. The molecule has 3 heteroatoms. The third kappa shape index (κ3) is 2.62. The van der Waals surface area contributed by atoms with Crippen LogP contribution in [-0.2, 0) is 0 Å². The maximum absolute atomic E-state index is 6.25. The van der Waals surface area contributed by atoms with E-state index < -0.39 is 0 Å². The van der Waals surface area contributed by atoms with Crippen LogP contribution in [0.25, 0.3) is 0 Å². The van der Waals surface area contributed by atoms with Gasteiger partial charge in [-0.2, -0.15) is 0 Å². The molecule has 0 saturated carbocycles. The molecule has 0 bridgehead atoms. The van der Waals surface area contributed by atoms with Crippen molar-refractivity contribution in [1.29, 1.82) is 0 Å². The number of hydrogen-bond donors (Lipinski definition) is 1. The van der Waals surface area contributed by atoms with E-state index in [-0.39, 0.29) is 5.92 Å². The van der Waals surface area contributed by atoms with Crippen molar-refractivity contribution in [3.63, 3.8) is 0 Å². The lowest BCUT2D eigenvalue weighted by Gasteiger charge is -2.30. The number of ether oxygens (including phenoxy) is 1. The first-order valence-corrected chi connectivity index (χ1v) is 8.48. The first-order valence-electron chi connectivity index (χ1n) is 8.48. The van der Waals surface area contributed by atoms with E-state index in [0.29, 0.717) is 0 Å². The standard InChI is InChI=1S/C22H22N2O/c1-14-11-18-21(13-19(14)23)25-20-12-16(24(2)3)9-10-17(20)22(18)15-7-5-4-6-8-15/h4-13,22H,23H2,1-3H3. The highest BCUT2D eigenvalue weighted by atomic mass is 16.5. The summed E-state index contributed by atoms with van der Waals surface area (Å²) in [6.45, 7) is 2.04. The van der Waals surface area contributed by atoms with E-state index in [1.54, 1.807) is 0 Å². The van der Waals surface area contributed by atoms with Crippen molar-refractivity contribution in [2.45, 2.75) is 12.8 Å². The third-order valence-electron chi connectivity index (χ3n) is 4.89. The third-order valence-corrected chi connectivity index (χ3v) is 4.89. The number of fused-ring (bicyclic) bond motifs is 2. The van der Waals surface area contributed by atoms with Crippen LogP contribution < -0.4 is 15.4 Å². The van der Waals surface area contributed by atoms with E-state index in [1.165, 1.54) is 16.7 Å². The number of hydrogen-bond acceptors (Lipinski definition) is 3. The smallest absolute Gasteiger partial charge is 0.133 e. The molecule has 2 N–H and O–H groups in total. The molecule has 0 aromatic heterocycles. The van der Waals surface area contributed by atoms with Crippen molar-refractivity contribution in [2.24, 2.45) is 0 Å². The van der Waals surface area contributed by atoms with Crippen molar-refractivity contribution >= 4 is 11.4 Å². The van der Waals surface area contributed by atoms with Crippen LogP contribution in [0.4, 0.5) is 11.4 Å². The molecule has 0 radical (unpaired) electrons. The van der Waals surface area contributed by atoms with Gasteiger partial charge in [0.15, 0.2) is 0 Å². The van der Waals surface area contributed by atoms with E-state index in [1.807, 2.05) is 33.2 Å². The SMILES string of the molecule is Cc1cc2c(cc1N)Oc1cc(N(C)C)ccc1C2c1ccccc1. The average Bonchev–Trinajstić information content (AvgIpc) is 2.61. The Balaban J connectivity index is 1.95. The molecule has 3 nitrogen and oxygen atoms in total. The van der Waals surface area contributed by atoms with Crippen LogP contribution in [0.3, 0.4) is 0 Å². The fraction of sp³-hybridized carbons (Fsp3) is 0.182. The molecule has 25 heavy (non-hydrogen) atoms. The second-order valence-corrected chi connectivity index (χ2v) is 6.81. The largest absolute Gasteiger partial charge is 0.457 e. The lowest BCUT2D eigenvalue weighted by molar-refractivity contribution is 0.453. The highest BCUT2D eigenvalue weighted by Gasteiger charge is 2.29. The molecule has 1 aliphatic rings. The summed E-state index contributed by atoms with van der Waals surface area (Å²) in [5, 5.41) is 0. The fourth-order valence-electron chi connectivity index (χ4n) is 3.46. The van der Waals surface area contributed by atoms with Crippen molar-refractivity contribution in [2.75, 3.05) is 24.7 Å². The second kappa shape index (κ2) is 5.85. The maximum atomic E-state index is 6.25. The molecular weight excluding hydrogens is 308 g/mol. The van der Waals surface area contributed by atoms with E-state index in [0.717, 1.165) is 28.4 Å². The lowest BCUT2D eigenvalue weighted by atomic mass is 9.82. The van der Waals surface area contributed by atoms with Crippen LogP contribution in [0, 0.1) is 6.92 Å². The summed E-state index contributed by atoms with van der Waals surface area (Å²) in [5.41, 5.74) is 12.7. The molecule has 1 unspecified atom stereocenters. The van der Waals surface area contributed by atoms with Gasteiger partial charge in [-0.25, -0.2) is 0 Å². The predicted octanol–water partition coefficient (Wildman–Crippen LogP) is 4.93. The summed E-state index contributed by atoms with van der Waals surface area (Å²) in [6.07, 6.45) is 0. The molecule has 1 aliphatic heterocycles. The summed E-state index contributed by atoms with van der Waals surface area (Å²) >= 11 is 0. The summed E-state index contributed by atoms with van der Waals surface area (Å²) < 4.78 is 6.25. The minimum atomic E-state index is 0.149. The number of anilines is 2. The molecule has 0 aliphatic carbocycles. The quantitative estimate of drug-likeness (QED) is 0.530. The number of rotatable bonds is 2. The zero-order valence-corrected chi connectivity index (χ0v) is 14.8. The van der Waals surface area contributed by atoms with E-state index in [2.05, 4.69) is 53.4 Å². The van der Waals surface area contributed by atoms with Gasteiger partial charge in [0.1, 0.15) is 11.5 Å². The van der Waals surface area contributed by atoms with Gasteiger partial charge >= 0.3 is 0 Å². The Hall–Kier alpha value is -2.94. The van der Waals surface area contributed by atoms with Crippen molar-refractivity contribution in [3.05, 3.63) is 82.9 Å². The van der Waals surface area contributed by atoms with Crippen molar-refractivity contribution < 1.29 is 4.74 Å². The number of benzene rings is 3. The fourth-order valence-corrected chi connectivity index (χ4v) is 3.46. The molecule has 0 amide bonds. The number of nitrogens with two attached hydrogens (primary N) is 1. The molecule has 3 aromatic carbocycles. The van der Waals surface area contributed by atoms with Crippen LogP contribution in [0.1, 0.15) is 28.2 Å². The van der Waals surface area contributed by atoms with Crippen LogP contribution in [0.15, 0.2) is 60.7 Å². The molecule has 4 rings (SSSR count). The van der Waals surface area contributed by atoms with Gasteiger partial charge in [0.05, 0.1) is 0 Å². The number of nitrogens with zero attached hydrogens (tertiary/aromatic N) is 1. The van der Waals surface area contributed by atoms with E-state index in [4.69, 9.17) is 10.5 Å². The molecule has 0 spiro atoms. The summed E-state index contributed by atoms with van der Waals surface area (Å²) in [7, 11) is 4.07. The molecule has 0 fully saturated rings. The molecule has 0 saturated heterocycles. The van der Waals surface area contributed by atoms with Gasteiger partial charge in [0, 0.05) is 54.6 Å². The lowest BCUT2D eigenvalue weighted by Crippen LogP contribution is -2.14. The van der Waals surface area contributed by atoms with Gasteiger partial charge in [0.25, 0.3) is 0 Å². The highest BCUT2D eigenvalue weighted by Crippen LogP contribution is 2.49. The topological polar surface area (TPSA) is 38.5 Å². The molecule has 1 heterocycles. The second-order valence-electron chi connectivity index (χ2n) is 6.81. The minimum absolute atomic E-state index is 0.149. The van der Waals surface area contributed by atoms with Crippen molar-refractivity contribution in [1.82, 2.24) is 0 Å². The first-order chi connectivity index (χ1) is 12.0. The Labute approximate surface area is 148 Å². The Bertz CT molecular complexity index is 932. The number of aryl methyl sites for hydroxylation is 1. The van der Waals surface area contributed by atoms with E-state index >= 15 is 0 Å². The first kappa shape index (κ1) is 15.6. The average molecular weight is 330 g/mol. The van der Waals surface area contributed by atoms with Gasteiger partial charge in [0.2, 0.25) is 0 Å². The minimum Gasteiger partial charge on any atom is -0.457 e. The van der Waals surface area contributed by atoms with Crippen LogP contribution in [-0.4, -0.2) is 14.1 Å². The highest BCUT2D eigenvalue weighted by molar-refractivity contribution is 5.66. The zero-order valence-electron chi connectivity index (χ0n) is 14.8. The Kier molecular flexibility index (Phi) is 3.65. The summed E-state index contributed by atoms with van der Waals surface area (Å²) in [5.74, 6) is 1.90.